The second-order valence-electron chi connectivity index (χ2n) is 4.45. The molecule has 3 N–H and O–H groups in total. The summed E-state index contributed by atoms with van der Waals surface area (Å²) in [6, 6.07) is -0.400. The van der Waals surface area contributed by atoms with Crippen molar-refractivity contribution < 1.29 is 21.6 Å². The van der Waals surface area contributed by atoms with Gasteiger partial charge in [-0.15, -0.1) is 12.4 Å². The van der Waals surface area contributed by atoms with Crippen molar-refractivity contribution in [3.63, 3.8) is 0 Å². The zero-order chi connectivity index (χ0) is 13.8. The molecular formula is C9H19ClF3N3O2S. The highest BCUT2D eigenvalue weighted by atomic mass is 35.5. The van der Waals surface area contributed by atoms with E-state index in [0.717, 1.165) is 19.4 Å². The van der Waals surface area contributed by atoms with Crippen LogP contribution in [0, 0.1) is 5.92 Å². The average molecular weight is 326 g/mol. The van der Waals surface area contributed by atoms with Gasteiger partial charge in [0, 0.05) is 6.04 Å². The van der Waals surface area contributed by atoms with Crippen LogP contribution in [0.1, 0.15) is 19.8 Å². The minimum absolute atomic E-state index is 0. The number of nitrogens with one attached hydrogen (secondary N) is 3. The molecule has 10 heteroatoms. The van der Waals surface area contributed by atoms with Crippen LogP contribution in [0.4, 0.5) is 13.2 Å². The molecule has 0 saturated carbocycles. The first-order valence-electron chi connectivity index (χ1n) is 5.74. The van der Waals surface area contributed by atoms with Gasteiger partial charge < -0.3 is 5.32 Å². The lowest BCUT2D eigenvalue weighted by Gasteiger charge is -2.28. The minimum atomic E-state index is -4.55. The molecule has 0 aromatic heterocycles. The number of halogens is 4. The van der Waals surface area contributed by atoms with E-state index in [9.17, 15) is 21.6 Å². The molecule has 116 valence electrons. The van der Waals surface area contributed by atoms with Gasteiger partial charge >= 0.3 is 6.18 Å². The lowest BCUT2D eigenvalue weighted by molar-refractivity contribution is -0.121. The number of hydrogen-bond acceptors (Lipinski definition) is 3. The van der Waals surface area contributed by atoms with Gasteiger partial charge in [0.2, 0.25) is 0 Å². The van der Waals surface area contributed by atoms with E-state index in [0.29, 0.717) is 6.54 Å². The molecular weight excluding hydrogens is 307 g/mol. The van der Waals surface area contributed by atoms with Crippen LogP contribution in [0.25, 0.3) is 0 Å². The Hall–Kier alpha value is -0.0900. The van der Waals surface area contributed by atoms with E-state index >= 15 is 0 Å². The molecule has 0 aromatic rings. The number of alkyl halides is 3. The Balaban J connectivity index is 0.00000324. The van der Waals surface area contributed by atoms with Crippen molar-refractivity contribution in [2.45, 2.75) is 32.0 Å². The predicted molar refractivity (Wildman–Crippen MR) is 68.4 cm³/mol. The number of piperidine rings is 1. The monoisotopic (exact) mass is 325 g/mol. The van der Waals surface area contributed by atoms with E-state index in [4.69, 9.17) is 0 Å². The van der Waals surface area contributed by atoms with Gasteiger partial charge in [-0.3, -0.25) is 0 Å². The van der Waals surface area contributed by atoms with Crippen molar-refractivity contribution in [1.82, 2.24) is 14.8 Å². The molecule has 0 aliphatic carbocycles. The van der Waals surface area contributed by atoms with Gasteiger partial charge in [0.1, 0.15) is 6.54 Å². The fourth-order valence-electron chi connectivity index (χ4n) is 1.87. The molecule has 5 nitrogen and oxygen atoms in total. The lowest BCUT2D eigenvalue weighted by atomic mass is 9.94. The van der Waals surface area contributed by atoms with Crippen LogP contribution in [-0.2, 0) is 10.2 Å². The Kier molecular flexibility index (Phi) is 7.59. The highest BCUT2D eigenvalue weighted by molar-refractivity contribution is 7.87. The SMILES string of the molecule is CC(NS(=O)(=O)NCC(F)(F)F)C1CCCNC1.Cl. The standard InChI is InChI=1S/C9H18F3N3O2S.ClH/c1-7(8-3-2-4-13-5-8)15-18(16,17)14-6-9(10,11)12;/h7-8,13-15H,2-6H2,1H3;1H. The molecule has 1 heterocycles. The highest BCUT2D eigenvalue weighted by Gasteiger charge is 2.30. The van der Waals surface area contributed by atoms with Gasteiger partial charge in [-0.25, -0.2) is 0 Å². The van der Waals surface area contributed by atoms with E-state index < -0.39 is 29.0 Å². The highest BCUT2D eigenvalue weighted by Crippen LogP contribution is 2.15. The summed E-state index contributed by atoms with van der Waals surface area (Å²) in [6.45, 7) is 1.66. The second-order valence-corrected chi connectivity index (χ2v) is 5.98. The smallest absolute Gasteiger partial charge is 0.316 e. The fraction of sp³-hybridized carbons (Fsp3) is 1.00. The van der Waals surface area contributed by atoms with Gasteiger partial charge in [-0.1, -0.05) is 0 Å². The molecule has 2 atom stereocenters. The maximum absolute atomic E-state index is 11.9. The summed E-state index contributed by atoms with van der Waals surface area (Å²) >= 11 is 0. The number of hydrogen-bond donors (Lipinski definition) is 3. The molecule has 19 heavy (non-hydrogen) atoms. The topological polar surface area (TPSA) is 70.2 Å². The third-order valence-electron chi connectivity index (χ3n) is 2.85. The predicted octanol–water partition coefficient (Wildman–Crippen LogP) is 0.783. The lowest BCUT2D eigenvalue weighted by Crippen LogP contribution is -2.49. The number of rotatable bonds is 5. The van der Waals surface area contributed by atoms with Crippen LogP contribution in [-0.4, -0.2) is 40.3 Å². The molecule has 1 aliphatic rings. The largest absolute Gasteiger partial charge is 0.402 e. The van der Waals surface area contributed by atoms with Crippen LogP contribution in [0.15, 0.2) is 0 Å². The van der Waals surface area contributed by atoms with Crippen molar-refractivity contribution in [3.8, 4) is 0 Å². The first kappa shape index (κ1) is 18.9. The molecule has 1 saturated heterocycles. The van der Waals surface area contributed by atoms with Crippen molar-refractivity contribution in [2.24, 2.45) is 5.92 Å². The Bertz CT molecular complexity index is 358. The zero-order valence-corrected chi connectivity index (χ0v) is 12.1. The van der Waals surface area contributed by atoms with Crippen LogP contribution >= 0.6 is 12.4 Å². The summed E-state index contributed by atoms with van der Waals surface area (Å²) in [5, 5.41) is 3.12. The molecule has 0 bridgehead atoms. The van der Waals surface area contributed by atoms with Crippen molar-refractivity contribution in [1.29, 1.82) is 0 Å². The van der Waals surface area contributed by atoms with E-state index in [-0.39, 0.29) is 18.3 Å². The molecule has 0 aromatic carbocycles. The van der Waals surface area contributed by atoms with Crippen molar-refractivity contribution in [3.05, 3.63) is 0 Å². The summed E-state index contributed by atoms with van der Waals surface area (Å²) < 4.78 is 62.2. The van der Waals surface area contributed by atoms with Crippen LogP contribution < -0.4 is 14.8 Å². The van der Waals surface area contributed by atoms with Crippen molar-refractivity contribution >= 4 is 22.6 Å². The Morgan fingerprint density at radius 2 is 2.05 bits per heavy atom. The van der Waals surface area contributed by atoms with Gasteiger partial charge in [-0.05, 0) is 38.8 Å². The fourth-order valence-corrected chi connectivity index (χ4v) is 2.98. The maximum Gasteiger partial charge on any atom is 0.402 e. The molecule has 0 spiro atoms. The second kappa shape index (κ2) is 7.63. The van der Waals surface area contributed by atoms with Crippen LogP contribution in [0.2, 0.25) is 0 Å². The first-order chi connectivity index (χ1) is 8.20. The van der Waals surface area contributed by atoms with Crippen LogP contribution in [0.3, 0.4) is 0 Å². The van der Waals surface area contributed by atoms with Gasteiger partial charge in [0.15, 0.2) is 0 Å². The minimum Gasteiger partial charge on any atom is -0.316 e. The molecule has 1 fully saturated rings. The summed E-state index contributed by atoms with van der Waals surface area (Å²) in [4.78, 5) is 0. The Labute approximate surface area is 117 Å². The van der Waals surface area contributed by atoms with E-state index in [1.165, 1.54) is 4.72 Å². The first-order valence-corrected chi connectivity index (χ1v) is 7.22. The van der Waals surface area contributed by atoms with Gasteiger partial charge in [0.05, 0.1) is 0 Å². The summed E-state index contributed by atoms with van der Waals surface area (Å²) in [5.74, 6) is 0.0983. The maximum atomic E-state index is 11.9. The molecule has 0 radical (unpaired) electrons. The Morgan fingerprint density at radius 3 is 2.53 bits per heavy atom. The quantitative estimate of drug-likeness (QED) is 0.699. The van der Waals surface area contributed by atoms with E-state index in [2.05, 4.69) is 10.0 Å². The van der Waals surface area contributed by atoms with Gasteiger partial charge in [-0.2, -0.15) is 31.0 Å². The third-order valence-corrected chi connectivity index (χ3v) is 4.05. The summed E-state index contributed by atoms with van der Waals surface area (Å²) in [5.41, 5.74) is 0. The van der Waals surface area contributed by atoms with Crippen molar-refractivity contribution in [2.75, 3.05) is 19.6 Å². The van der Waals surface area contributed by atoms with E-state index in [1.54, 1.807) is 6.92 Å². The Morgan fingerprint density at radius 1 is 1.42 bits per heavy atom. The molecule has 1 rings (SSSR count). The van der Waals surface area contributed by atoms with Crippen LogP contribution in [0.5, 0.6) is 0 Å². The zero-order valence-electron chi connectivity index (χ0n) is 10.5. The average Bonchev–Trinajstić information content (AvgIpc) is 2.26. The summed E-state index contributed by atoms with van der Waals surface area (Å²) in [7, 11) is -4.11. The molecule has 2 unspecified atom stereocenters. The molecule has 0 amide bonds. The third kappa shape index (κ3) is 7.93. The normalized spacial score (nSPS) is 22.6. The van der Waals surface area contributed by atoms with Gasteiger partial charge in [0.25, 0.3) is 10.2 Å². The summed E-state index contributed by atoms with van der Waals surface area (Å²) in [6.07, 6.45) is -2.76. The van der Waals surface area contributed by atoms with E-state index in [1.807, 2.05) is 0 Å². The molecule has 1 aliphatic heterocycles.